The molecule has 4 aromatic rings. The van der Waals surface area contributed by atoms with Gasteiger partial charge in [-0.15, -0.1) is 6.42 Å². The number of nitrogens with one attached hydrogen (secondary N) is 1. The minimum absolute atomic E-state index is 0.0146. The Balaban J connectivity index is 1.17. The van der Waals surface area contributed by atoms with Crippen LogP contribution in [0.1, 0.15) is 56.9 Å². The second kappa shape index (κ2) is 10.5. The third-order valence-corrected chi connectivity index (χ3v) is 11.4. The first kappa shape index (κ1) is 28.2. The largest absolute Gasteiger partial charge is 0.508 e. The van der Waals surface area contributed by atoms with Crippen molar-refractivity contribution >= 4 is 27.5 Å². The van der Waals surface area contributed by atoms with Crippen LogP contribution in [-0.4, -0.2) is 74.9 Å². The van der Waals surface area contributed by atoms with E-state index in [1.165, 1.54) is 43.5 Å². The van der Waals surface area contributed by atoms with Crippen molar-refractivity contribution in [1.29, 1.82) is 0 Å². The van der Waals surface area contributed by atoms with Crippen molar-refractivity contribution < 1.29 is 18.6 Å². The van der Waals surface area contributed by atoms with E-state index < -0.39 is 11.6 Å². The highest BCUT2D eigenvalue weighted by Gasteiger charge is 2.55. The molecular weight excluding hydrogens is 586 g/mol. The zero-order valence-electron chi connectivity index (χ0n) is 25.6. The molecule has 10 heteroatoms. The number of phenols is 1. The van der Waals surface area contributed by atoms with Crippen molar-refractivity contribution in [1.82, 2.24) is 25.2 Å². The van der Waals surface area contributed by atoms with E-state index in [1.54, 1.807) is 6.20 Å². The van der Waals surface area contributed by atoms with Crippen LogP contribution in [0.2, 0.25) is 0 Å². The summed E-state index contributed by atoms with van der Waals surface area (Å²) < 4.78 is 38.2. The zero-order valence-corrected chi connectivity index (χ0v) is 25.6. The molecular formula is C36H36F2N6O2. The van der Waals surface area contributed by atoms with Crippen LogP contribution in [0, 0.1) is 29.9 Å². The highest BCUT2D eigenvalue weighted by Crippen LogP contribution is 2.51. The SMILES string of the molecule is C#Cc1c(F)ccc2cc(O)cc(-c3ncc4c(N5CC6CCC(C5)N6)nc(OC[C@@]56CCCN5[C@@H]5CCC[C@@H]5C6)nc4c3F)c12. The summed E-state index contributed by atoms with van der Waals surface area (Å²) in [4.78, 5) is 19.1. The fraction of sp³-hybridized carbons (Fsp3) is 0.472. The number of ether oxygens (including phenoxy) is 1. The summed E-state index contributed by atoms with van der Waals surface area (Å²) in [6.45, 7) is 3.06. The number of aromatic hydroxyl groups is 1. The molecule has 0 amide bonds. The molecule has 4 aliphatic heterocycles. The van der Waals surface area contributed by atoms with Crippen LogP contribution < -0.4 is 15.0 Å². The molecule has 0 spiro atoms. The second-order valence-electron chi connectivity index (χ2n) is 14.0. The van der Waals surface area contributed by atoms with Gasteiger partial charge in [0.25, 0.3) is 0 Å². The minimum Gasteiger partial charge on any atom is -0.508 e. The molecule has 5 atom stereocenters. The van der Waals surface area contributed by atoms with Gasteiger partial charge in [-0.1, -0.05) is 18.4 Å². The Labute approximate surface area is 266 Å². The Kier molecular flexibility index (Phi) is 6.42. The van der Waals surface area contributed by atoms with Crippen LogP contribution >= 0.6 is 0 Å². The zero-order chi connectivity index (χ0) is 31.2. The van der Waals surface area contributed by atoms with Gasteiger partial charge in [0, 0.05) is 48.4 Å². The number of hydrogen-bond donors (Lipinski definition) is 2. The molecule has 5 aliphatic rings. The van der Waals surface area contributed by atoms with E-state index in [4.69, 9.17) is 21.1 Å². The van der Waals surface area contributed by atoms with Crippen LogP contribution in [0.25, 0.3) is 32.9 Å². The van der Waals surface area contributed by atoms with Crippen molar-refractivity contribution in [3.63, 3.8) is 0 Å². The quantitative estimate of drug-likeness (QED) is 0.281. The number of nitrogens with zero attached hydrogens (tertiary/aromatic N) is 5. The maximum atomic E-state index is 16.9. The van der Waals surface area contributed by atoms with E-state index in [2.05, 4.69) is 26.0 Å². The lowest BCUT2D eigenvalue weighted by Gasteiger charge is -2.35. The fourth-order valence-electron chi connectivity index (χ4n) is 9.50. The molecule has 2 aromatic carbocycles. The van der Waals surface area contributed by atoms with E-state index in [1.807, 2.05) is 0 Å². The van der Waals surface area contributed by atoms with E-state index in [0.29, 0.717) is 52.6 Å². The first-order valence-electron chi connectivity index (χ1n) is 16.6. The number of fused-ring (bicyclic) bond motifs is 7. The molecule has 1 aliphatic carbocycles. The van der Waals surface area contributed by atoms with Crippen molar-refractivity contribution in [2.45, 2.75) is 75.0 Å². The standard InChI is InChI=1S/C36H36F2N6O2/c1-2-25-28(37)10-7-20-13-24(45)14-26(30(20)25)32-31(38)33-27(16-39-32)34(43-17-22-8-9-23(18-43)40-22)42-35(41-33)46-19-36-11-4-12-44(36)29-6-3-5-21(29)15-36/h1,7,10,13-14,16,21-23,29,40,45H,3-6,8-9,11-12,15,17-19H2/t21-,22?,23?,29-,36+/m1/s1. The Morgan fingerprint density at radius 2 is 1.93 bits per heavy atom. The average molecular weight is 623 g/mol. The van der Waals surface area contributed by atoms with Crippen LogP contribution in [0.15, 0.2) is 30.5 Å². The Morgan fingerprint density at radius 1 is 1.09 bits per heavy atom. The first-order valence-corrected chi connectivity index (χ1v) is 16.6. The summed E-state index contributed by atoms with van der Waals surface area (Å²) in [5, 5.41) is 15.5. The topological polar surface area (TPSA) is 86.6 Å². The summed E-state index contributed by atoms with van der Waals surface area (Å²) in [5.74, 6) is 2.32. The van der Waals surface area contributed by atoms with Crippen LogP contribution in [0.3, 0.4) is 0 Å². The summed E-state index contributed by atoms with van der Waals surface area (Å²) in [5.41, 5.74) is 0.160. The van der Waals surface area contributed by atoms with Crippen molar-refractivity contribution in [3.05, 3.63) is 47.7 Å². The molecule has 9 rings (SSSR count). The lowest BCUT2D eigenvalue weighted by molar-refractivity contribution is 0.0832. The number of pyridine rings is 1. The monoisotopic (exact) mass is 622 g/mol. The predicted octanol–water partition coefficient (Wildman–Crippen LogP) is 5.54. The molecule has 236 valence electrons. The molecule has 2 aromatic heterocycles. The number of phenolic OH excluding ortho intramolecular Hbond substituents is 1. The van der Waals surface area contributed by atoms with Crippen molar-refractivity contribution in [2.75, 3.05) is 31.1 Å². The normalized spacial score (nSPS) is 28.6. The minimum atomic E-state index is -0.695. The van der Waals surface area contributed by atoms with Gasteiger partial charge in [-0.3, -0.25) is 9.88 Å². The third kappa shape index (κ3) is 4.28. The predicted molar refractivity (Wildman–Crippen MR) is 172 cm³/mol. The van der Waals surface area contributed by atoms with Crippen LogP contribution in [0.5, 0.6) is 11.8 Å². The smallest absolute Gasteiger partial charge is 0.319 e. The second-order valence-corrected chi connectivity index (χ2v) is 14.0. The molecule has 5 fully saturated rings. The number of hydrogen-bond acceptors (Lipinski definition) is 8. The van der Waals surface area contributed by atoms with E-state index >= 15 is 4.39 Å². The summed E-state index contributed by atoms with van der Waals surface area (Å²) >= 11 is 0. The summed E-state index contributed by atoms with van der Waals surface area (Å²) in [6.07, 6.45) is 16.7. The highest BCUT2D eigenvalue weighted by molar-refractivity contribution is 6.03. The van der Waals surface area contributed by atoms with Crippen LogP contribution in [-0.2, 0) is 0 Å². The summed E-state index contributed by atoms with van der Waals surface area (Å²) in [6, 6.07) is 7.08. The van der Waals surface area contributed by atoms with E-state index in [9.17, 15) is 9.50 Å². The molecule has 4 saturated heterocycles. The van der Waals surface area contributed by atoms with Crippen molar-refractivity contribution in [2.24, 2.45) is 5.92 Å². The molecule has 0 radical (unpaired) electrons. The average Bonchev–Trinajstić information content (AvgIpc) is 3.81. The van der Waals surface area contributed by atoms with Gasteiger partial charge in [-0.25, -0.2) is 8.78 Å². The molecule has 46 heavy (non-hydrogen) atoms. The van der Waals surface area contributed by atoms with Gasteiger partial charge in [0.15, 0.2) is 5.82 Å². The Hall–Kier alpha value is -4.07. The number of benzene rings is 2. The molecule has 2 N–H and O–H groups in total. The van der Waals surface area contributed by atoms with Crippen molar-refractivity contribution in [3.8, 4) is 35.4 Å². The maximum absolute atomic E-state index is 16.9. The van der Waals surface area contributed by atoms with Gasteiger partial charge in [0.1, 0.15) is 35.2 Å². The number of halogens is 2. The number of terminal acetylenes is 1. The summed E-state index contributed by atoms with van der Waals surface area (Å²) in [7, 11) is 0. The van der Waals surface area contributed by atoms with Gasteiger partial charge in [0.05, 0.1) is 16.5 Å². The van der Waals surface area contributed by atoms with Gasteiger partial charge in [0.2, 0.25) is 0 Å². The highest BCUT2D eigenvalue weighted by atomic mass is 19.1. The lowest BCUT2D eigenvalue weighted by atomic mass is 9.90. The molecule has 6 heterocycles. The van der Waals surface area contributed by atoms with E-state index in [-0.39, 0.29) is 39.6 Å². The van der Waals surface area contributed by atoms with Gasteiger partial charge in [-0.2, -0.15) is 9.97 Å². The maximum Gasteiger partial charge on any atom is 0.319 e. The first-order chi connectivity index (χ1) is 22.4. The van der Waals surface area contributed by atoms with Gasteiger partial charge >= 0.3 is 6.01 Å². The van der Waals surface area contributed by atoms with E-state index in [0.717, 1.165) is 51.7 Å². The Bertz CT molecular complexity index is 1930. The van der Waals surface area contributed by atoms with Gasteiger partial charge < -0.3 is 20.1 Å². The number of rotatable bonds is 5. The number of anilines is 1. The molecule has 2 unspecified atom stereocenters. The molecule has 2 bridgehead atoms. The molecule has 1 saturated carbocycles. The van der Waals surface area contributed by atoms with Crippen LogP contribution in [0.4, 0.5) is 14.6 Å². The van der Waals surface area contributed by atoms with Gasteiger partial charge in [-0.05, 0) is 81.0 Å². The number of piperazine rings is 1. The Morgan fingerprint density at radius 3 is 2.76 bits per heavy atom. The fourth-order valence-corrected chi connectivity index (χ4v) is 9.50. The lowest BCUT2D eigenvalue weighted by Crippen LogP contribution is -2.51. The third-order valence-electron chi connectivity index (χ3n) is 11.4. The molecule has 8 nitrogen and oxygen atoms in total. The number of aromatic nitrogens is 3.